The summed E-state index contributed by atoms with van der Waals surface area (Å²) in [5, 5.41) is 11.4. The van der Waals surface area contributed by atoms with Gasteiger partial charge in [-0.15, -0.1) is 10.2 Å². The van der Waals surface area contributed by atoms with Crippen molar-refractivity contribution in [3.8, 4) is 5.88 Å². The fraction of sp³-hybridized carbons (Fsp3) is 0.455. The first kappa shape index (κ1) is 20.1. The summed E-state index contributed by atoms with van der Waals surface area (Å²) < 4.78 is 7.26. The van der Waals surface area contributed by atoms with Gasteiger partial charge in [0.25, 0.3) is 0 Å². The Kier molecular flexibility index (Phi) is 5.83. The van der Waals surface area contributed by atoms with E-state index < -0.39 is 0 Å². The van der Waals surface area contributed by atoms with Gasteiger partial charge in [-0.2, -0.15) is 0 Å². The monoisotopic (exact) mass is 408 g/mol. The van der Waals surface area contributed by atoms with Crippen LogP contribution in [0.4, 0.5) is 5.82 Å². The Hall–Kier alpha value is -3.16. The zero-order chi connectivity index (χ0) is 21.1. The number of para-hydroxylation sites is 2. The highest BCUT2D eigenvalue weighted by molar-refractivity contribution is 5.80. The first-order valence-electron chi connectivity index (χ1n) is 10.4. The Morgan fingerprint density at radius 1 is 1.23 bits per heavy atom. The topological polar surface area (TPSA) is 85.2 Å². The molecule has 1 fully saturated rings. The lowest BCUT2D eigenvalue weighted by Gasteiger charge is -2.32. The molecule has 1 aliphatic heterocycles. The number of hydrogen-bond donors (Lipinski definition) is 1. The van der Waals surface area contributed by atoms with E-state index in [1.807, 2.05) is 24.3 Å². The Morgan fingerprint density at radius 3 is 2.80 bits per heavy atom. The highest BCUT2D eigenvalue weighted by atomic mass is 16.5. The molecule has 0 aliphatic carbocycles. The van der Waals surface area contributed by atoms with Crippen molar-refractivity contribution in [3.05, 3.63) is 42.2 Å². The summed E-state index contributed by atoms with van der Waals surface area (Å²) in [6.07, 6.45) is 1.81. The number of fused-ring (bicyclic) bond motifs is 1. The van der Waals surface area contributed by atoms with Gasteiger partial charge in [-0.05, 0) is 44.9 Å². The quantitative estimate of drug-likeness (QED) is 0.675. The van der Waals surface area contributed by atoms with Crippen LogP contribution < -0.4 is 15.0 Å². The third-order valence-corrected chi connectivity index (χ3v) is 5.56. The third-order valence-electron chi connectivity index (χ3n) is 5.56. The SMILES string of the molecule is COc1ccc(N2CCC[C@H](C(=O)NCc3nc4ccccc4n3C(C)C)C2)nn1. The first-order valence-corrected chi connectivity index (χ1v) is 10.4. The maximum absolute atomic E-state index is 12.9. The molecule has 1 amide bonds. The van der Waals surface area contributed by atoms with E-state index in [9.17, 15) is 4.79 Å². The lowest BCUT2D eigenvalue weighted by Crippen LogP contribution is -2.43. The van der Waals surface area contributed by atoms with Crippen molar-refractivity contribution in [1.29, 1.82) is 0 Å². The molecule has 2 aromatic heterocycles. The Morgan fingerprint density at radius 2 is 2.07 bits per heavy atom. The Balaban J connectivity index is 1.42. The van der Waals surface area contributed by atoms with Crippen molar-refractivity contribution in [2.75, 3.05) is 25.1 Å². The minimum Gasteiger partial charge on any atom is -0.480 e. The predicted molar refractivity (Wildman–Crippen MR) is 115 cm³/mol. The number of carbonyl (C=O) groups excluding carboxylic acids is 1. The van der Waals surface area contributed by atoms with Gasteiger partial charge in [-0.1, -0.05) is 12.1 Å². The molecule has 158 valence electrons. The number of aromatic nitrogens is 4. The normalized spacial score (nSPS) is 16.8. The number of rotatable bonds is 6. The number of amides is 1. The number of piperidine rings is 1. The molecule has 8 heteroatoms. The zero-order valence-corrected chi connectivity index (χ0v) is 17.7. The smallest absolute Gasteiger partial charge is 0.233 e. The Labute approximate surface area is 176 Å². The van der Waals surface area contributed by atoms with Crippen LogP contribution in [0.3, 0.4) is 0 Å². The lowest BCUT2D eigenvalue weighted by molar-refractivity contribution is -0.125. The number of carbonyl (C=O) groups is 1. The van der Waals surface area contributed by atoms with Crippen molar-refractivity contribution in [3.63, 3.8) is 0 Å². The summed E-state index contributed by atoms with van der Waals surface area (Å²) in [4.78, 5) is 19.8. The van der Waals surface area contributed by atoms with E-state index in [-0.39, 0.29) is 17.9 Å². The van der Waals surface area contributed by atoms with E-state index >= 15 is 0 Å². The average molecular weight is 409 g/mol. The number of nitrogens with one attached hydrogen (secondary N) is 1. The molecule has 4 rings (SSSR count). The van der Waals surface area contributed by atoms with Crippen LogP contribution in [0.5, 0.6) is 5.88 Å². The van der Waals surface area contributed by atoms with E-state index in [1.54, 1.807) is 13.2 Å². The minimum atomic E-state index is -0.0838. The van der Waals surface area contributed by atoms with Crippen molar-refractivity contribution >= 4 is 22.8 Å². The molecule has 1 aliphatic rings. The van der Waals surface area contributed by atoms with E-state index in [0.29, 0.717) is 19.0 Å². The zero-order valence-electron chi connectivity index (χ0n) is 17.7. The largest absolute Gasteiger partial charge is 0.480 e. The number of methoxy groups -OCH3 is 1. The standard InChI is InChI=1S/C22H28N6O2/c1-15(2)28-18-9-5-4-8-17(18)24-20(28)13-23-22(29)16-7-6-12-27(14-16)19-10-11-21(30-3)26-25-19/h4-5,8-11,15-16H,6-7,12-14H2,1-3H3,(H,23,29)/t16-/m0/s1. The maximum atomic E-state index is 12.9. The Bertz CT molecular complexity index is 1010. The number of nitrogens with zero attached hydrogens (tertiary/aromatic N) is 5. The maximum Gasteiger partial charge on any atom is 0.233 e. The molecule has 1 N–H and O–H groups in total. The molecule has 0 radical (unpaired) electrons. The van der Waals surface area contributed by atoms with E-state index in [0.717, 1.165) is 42.1 Å². The van der Waals surface area contributed by atoms with Crippen LogP contribution in [-0.2, 0) is 11.3 Å². The van der Waals surface area contributed by atoms with Crippen molar-refractivity contribution in [2.45, 2.75) is 39.3 Å². The average Bonchev–Trinajstić information content (AvgIpc) is 3.16. The summed E-state index contributed by atoms with van der Waals surface area (Å²) in [5.74, 6) is 2.12. The third kappa shape index (κ3) is 4.08. The van der Waals surface area contributed by atoms with Crippen molar-refractivity contribution in [2.24, 2.45) is 5.92 Å². The number of benzene rings is 1. The fourth-order valence-electron chi connectivity index (χ4n) is 4.10. The number of ether oxygens (including phenoxy) is 1. The molecule has 3 heterocycles. The van der Waals surface area contributed by atoms with Gasteiger partial charge in [0.05, 0.1) is 30.6 Å². The number of anilines is 1. The molecule has 8 nitrogen and oxygen atoms in total. The molecule has 1 aromatic carbocycles. The fourth-order valence-corrected chi connectivity index (χ4v) is 4.10. The van der Waals surface area contributed by atoms with Gasteiger partial charge < -0.3 is 19.5 Å². The predicted octanol–water partition coefficient (Wildman–Crippen LogP) is 2.95. The van der Waals surface area contributed by atoms with E-state index in [1.165, 1.54) is 0 Å². The minimum absolute atomic E-state index is 0.0588. The highest BCUT2D eigenvalue weighted by Crippen LogP contribution is 2.23. The van der Waals surface area contributed by atoms with Gasteiger partial charge in [0.2, 0.25) is 11.8 Å². The molecule has 0 bridgehead atoms. The number of imidazole rings is 1. The van der Waals surface area contributed by atoms with Gasteiger partial charge in [-0.25, -0.2) is 4.98 Å². The van der Waals surface area contributed by atoms with Gasteiger partial charge >= 0.3 is 0 Å². The molecule has 1 atom stereocenters. The lowest BCUT2D eigenvalue weighted by atomic mass is 9.97. The van der Waals surface area contributed by atoms with Crippen LogP contribution >= 0.6 is 0 Å². The second-order valence-corrected chi connectivity index (χ2v) is 7.92. The highest BCUT2D eigenvalue weighted by Gasteiger charge is 2.27. The summed E-state index contributed by atoms with van der Waals surface area (Å²) in [6.45, 7) is 6.19. The van der Waals surface area contributed by atoms with E-state index in [4.69, 9.17) is 9.72 Å². The van der Waals surface area contributed by atoms with Crippen LogP contribution in [-0.4, -0.2) is 45.9 Å². The second kappa shape index (κ2) is 8.69. The molecule has 30 heavy (non-hydrogen) atoms. The summed E-state index contributed by atoms with van der Waals surface area (Å²) >= 11 is 0. The van der Waals surface area contributed by atoms with Gasteiger partial charge in [0.15, 0.2) is 5.82 Å². The van der Waals surface area contributed by atoms with Crippen LogP contribution in [0.2, 0.25) is 0 Å². The van der Waals surface area contributed by atoms with Crippen LogP contribution in [0, 0.1) is 5.92 Å². The molecular weight excluding hydrogens is 380 g/mol. The molecule has 3 aromatic rings. The van der Waals surface area contributed by atoms with Gasteiger partial charge in [0.1, 0.15) is 5.82 Å². The van der Waals surface area contributed by atoms with Crippen molar-refractivity contribution < 1.29 is 9.53 Å². The molecule has 1 saturated heterocycles. The van der Waals surface area contributed by atoms with Crippen LogP contribution in [0.15, 0.2) is 36.4 Å². The van der Waals surface area contributed by atoms with Crippen LogP contribution in [0.25, 0.3) is 11.0 Å². The summed E-state index contributed by atoms with van der Waals surface area (Å²) in [7, 11) is 1.57. The van der Waals surface area contributed by atoms with Gasteiger partial charge in [-0.3, -0.25) is 4.79 Å². The molecule has 0 spiro atoms. The summed E-state index contributed by atoms with van der Waals surface area (Å²) in [5.41, 5.74) is 2.05. The molecule has 0 saturated carbocycles. The van der Waals surface area contributed by atoms with Gasteiger partial charge in [0, 0.05) is 25.2 Å². The molecular formula is C22H28N6O2. The second-order valence-electron chi connectivity index (χ2n) is 7.92. The number of hydrogen-bond acceptors (Lipinski definition) is 6. The summed E-state index contributed by atoms with van der Waals surface area (Å²) in [6, 6.07) is 12.0. The van der Waals surface area contributed by atoms with Crippen LogP contribution in [0.1, 0.15) is 38.6 Å². The first-order chi connectivity index (χ1) is 14.6. The molecule has 0 unspecified atom stereocenters. The van der Waals surface area contributed by atoms with Crippen molar-refractivity contribution in [1.82, 2.24) is 25.1 Å². The van der Waals surface area contributed by atoms with E-state index in [2.05, 4.69) is 44.9 Å².